The summed E-state index contributed by atoms with van der Waals surface area (Å²) in [5.74, 6) is 7.77. The van der Waals surface area contributed by atoms with Gasteiger partial charge in [0.25, 0.3) is 0 Å². The van der Waals surface area contributed by atoms with Crippen molar-refractivity contribution in [1.29, 1.82) is 0 Å². The molecule has 0 radical (unpaired) electrons. The Labute approximate surface area is 243 Å². The monoisotopic (exact) mass is 596 g/mol. The number of thiophene rings is 1. The molecule has 2 atom stereocenters. The van der Waals surface area contributed by atoms with Crippen LogP contribution in [0.5, 0.6) is 5.75 Å². The van der Waals surface area contributed by atoms with E-state index < -0.39 is 0 Å². The average molecular weight is 597 g/mol. The Morgan fingerprint density at radius 2 is 2.15 bits per heavy atom. The van der Waals surface area contributed by atoms with Gasteiger partial charge in [-0.15, -0.1) is 22.7 Å². The highest BCUT2D eigenvalue weighted by atomic mass is 35.5. The van der Waals surface area contributed by atoms with E-state index in [1.807, 2.05) is 23.6 Å². The van der Waals surface area contributed by atoms with Crippen molar-refractivity contribution in [2.24, 2.45) is 0 Å². The number of halogens is 1. The molecule has 0 bridgehead atoms. The summed E-state index contributed by atoms with van der Waals surface area (Å²) in [4.78, 5) is 28.0. The lowest BCUT2D eigenvalue weighted by molar-refractivity contribution is 0.0156. The highest BCUT2D eigenvalue weighted by Gasteiger charge is 2.28. The molecule has 2 unspecified atom stereocenters. The Morgan fingerprint density at radius 1 is 1.25 bits per heavy atom. The van der Waals surface area contributed by atoms with Crippen LogP contribution in [0.4, 0.5) is 16.3 Å². The summed E-state index contributed by atoms with van der Waals surface area (Å²) in [7, 11) is 0. The van der Waals surface area contributed by atoms with Gasteiger partial charge in [-0.05, 0) is 24.3 Å². The van der Waals surface area contributed by atoms with Crippen LogP contribution in [0.25, 0.3) is 10.2 Å². The number of hydrogen-bond donors (Lipinski definition) is 2. The van der Waals surface area contributed by atoms with Crippen LogP contribution in [0.3, 0.4) is 0 Å². The van der Waals surface area contributed by atoms with Crippen molar-refractivity contribution >= 4 is 62.1 Å². The highest BCUT2D eigenvalue weighted by Crippen LogP contribution is 2.33. The summed E-state index contributed by atoms with van der Waals surface area (Å²) >= 11 is 9.50. The van der Waals surface area contributed by atoms with Gasteiger partial charge in [-0.3, -0.25) is 5.32 Å². The number of rotatable bonds is 6. The number of morpholine rings is 1. The first-order chi connectivity index (χ1) is 19.6. The van der Waals surface area contributed by atoms with Crippen LogP contribution in [0.2, 0.25) is 5.02 Å². The minimum Gasteiger partial charge on any atom is -0.486 e. The number of nitrogens with zero attached hydrogens (tertiary/aromatic N) is 4. The fraction of sp³-hybridized carbons (Fsp3) is 0.333. The number of aromatic nitrogens is 3. The maximum absolute atomic E-state index is 12.4. The number of amides is 1. The number of ether oxygens (including phenoxy) is 3. The Hall–Kier alpha value is -3.47. The molecule has 2 N–H and O–H groups in total. The zero-order chi connectivity index (χ0) is 27.3. The molecule has 3 aromatic heterocycles. The first-order valence-electron chi connectivity index (χ1n) is 12.7. The number of nitrogens with one attached hydrogen (secondary N) is 2. The Bertz CT molecular complexity index is 1550. The van der Waals surface area contributed by atoms with E-state index in [4.69, 9.17) is 25.8 Å². The molecule has 0 aliphatic carbocycles. The maximum Gasteiger partial charge on any atom is 0.410 e. The summed E-state index contributed by atoms with van der Waals surface area (Å²) in [5.41, 5.74) is 4.21. The molecule has 1 amide bonds. The normalized spacial score (nSPS) is 18.8. The summed E-state index contributed by atoms with van der Waals surface area (Å²) in [6, 6.07) is 7.40. The fourth-order valence-electron chi connectivity index (χ4n) is 4.32. The molecule has 206 valence electrons. The fourth-order valence-corrected chi connectivity index (χ4v) is 6.02. The highest BCUT2D eigenvalue weighted by molar-refractivity contribution is 7.20. The lowest BCUT2D eigenvalue weighted by Gasteiger charge is -2.27. The number of thiazole rings is 1. The molecule has 40 heavy (non-hydrogen) atoms. The molecule has 1 aromatic carbocycles. The van der Waals surface area contributed by atoms with Crippen LogP contribution in [0.1, 0.15) is 17.0 Å². The molecule has 2 aliphatic rings. The molecule has 6 rings (SSSR count). The van der Waals surface area contributed by atoms with Gasteiger partial charge in [-0.2, -0.15) is 0 Å². The standard InChI is InChI=1S/C27H25ClN6O4S2/c28-22-10-18(2-4-24(22)37-13-19-14-39-16-32-19)33-26-25-23(30-15-31-26)11-21(40-25)3-1-17-9-20(12-29-17)38-27(35)34-5-7-36-8-6-34/h2,4,10-11,14-17,20,29H,5-9,12-13H2,(H,30,31,33). The first kappa shape index (κ1) is 26.7. The number of anilines is 2. The molecule has 13 heteroatoms. The van der Waals surface area contributed by atoms with E-state index in [0.29, 0.717) is 62.5 Å². The van der Waals surface area contributed by atoms with Gasteiger partial charge in [0.2, 0.25) is 0 Å². The molecule has 10 nitrogen and oxygen atoms in total. The lowest BCUT2D eigenvalue weighted by Crippen LogP contribution is -2.42. The van der Waals surface area contributed by atoms with Gasteiger partial charge in [-0.1, -0.05) is 23.4 Å². The molecule has 4 aromatic rings. The van der Waals surface area contributed by atoms with Crippen molar-refractivity contribution in [2.45, 2.75) is 25.2 Å². The molecule has 2 aliphatic heterocycles. The van der Waals surface area contributed by atoms with Gasteiger partial charge in [-0.25, -0.2) is 19.7 Å². The third-order valence-electron chi connectivity index (χ3n) is 6.36. The average Bonchev–Trinajstić information content (AvgIpc) is 3.74. The SMILES string of the molecule is O=C(OC1CNC(C#Cc2cc3ncnc(Nc4ccc(OCc5cscn5)c(Cl)c4)c3s2)C1)N1CCOCC1. The summed E-state index contributed by atoms with van der Waals surface area (Å²) in [6.45, 7) is 3.17. The van der Waals surface area contributed by atoms with Crippen molar-refractivity contribution in [1.82, 2.24) is 25.2 Å². The van der Waals surface area contributed by atoms with Gasteiger partial charge in [0.15, 0.2) is 5.82 Å². The topological polar surface area (TPSA) is 111 Å². The third kappa shape index (κ3) is 6.46. The quantitative estimate of drug-likeness (QED) is 0.307. The van der Waals surface area contributed by atoms with E-state index in [-0.39, 0.29) is 18.2 Å². The van der Waals surface area contributed by atoms with Crippen molar-refractivity contribution in [2.75, 3.05) is 38.2 Å². The van der Waals surface area contributed by atoms with E-state index in [2.05, 4.69) is 37.4 Å². The molecule has 0 saturated carbocycles. The summed E-state index contributed by atoms with van der Waals surface area (Å²) < 4.78 is 17.6. The number of carbonyl (C=O) groups is 1. The first-order valence-corrected chi connectivity index (χ1v) is 14.8. The van der Waals surface area contributed by atoms with E-state index in [1.54, 1.807) is 16.5 Å². The maximum atomic E-state index is 12.4. The van der Waals surface area contributed by atoms with Crippen molar-refractivity contribution in [3.05, 3.63) is 57.1 Å². The third-order valence-corrected chi connectivity index (χ3v) is 8.34. The van der Waals surface area contributed by atoms with Crippen molar-refractivity contribution in [3.63, 3.8) is 0 Å². The van der Waals surface area contributed by atoms with Crippen molar-refractivity contribution < 1.29 is 19.0 Å². The number of carbonyl (C=O) groups excluding carboxylic acids is 1. The predicted molar refractivity (Wildman–Crippen MR) is 155 cm³/mol. The number of fused-ring (bicyclic) bond motifs is 1. The van der Waals surface area contributed by atoms with Crippen LogP contribution in [-0.2, 0) is 16.1 Å². The van der Waals surface area contributed by atoms with Crippen LogP contribution < -0.4 is 15.4 Å². The molecule has 0 spiro atoms. The van der Waals surface area contributed by atoms with Crippen LogP contribution in [0.15, 0.2) is 41.5 Å². The number of benzene rings is 1. The van der Waals surface area contributed by atoms with Gasteiger partial charge >= 0.3 is 6.09 Å². The Kier molecular flexibility index (Phi) is 8.27. The second-order valence-electron chi connectivity index (χ2n) is 9.16. The molecule has 2 fully saturated rings. The Balaban J connectivity index is 1.08. The number of hydrogen-bond acceptors (Lipinski definition) is 11. The van der Waals surface area contributed by atoms with Gasteiger partial charge in [0, 0.05) is 37.1 Å². The van der Waals surface area contributed by atoms with Crippen LogP contribution in [0, 0.1) is 11.8 Å². The summed E-state index contributed by atoms with van der Waals surface area (Å²) in [5, 5.41) is 9.10. The van der Waals surface area contributed by atoms with E-state index in [1.165, 1.54) is 29.0 Å². The van der Waals surface area contributed by atoms with Crippen LogP contribution >= 0.6 is 34.3 Å². The van der Waals surface area contributed by atoms with E-state index in [9.17, 15) is 4.79 Å². The lowest BCUT2D eigenvalue weighted by atomic mass is 10.2. The minimum atomic E-state index is -0.286. The minimum absolute atomic E-state index is 0.0604. The zero-order valence-corrected chi connectivity index (χ0v) is 23.7. The van der Waals surface area contributed by atoms with E-state index >= 15 is 0 Å². The smallest absolute Gasteiger partial charge is 0.410 e. The molecule has 5 heterocycles. The van der Waals surface area contributed by atoms with Gasteiger partial charge in [0.05, 0.1) is 50.6 Å². The van der Waals surface area contributed by atoms with E-state index in [0.717, 1.165) is 26.5 Å². The molecule has 2 saturated heterocycles. The van der Waals surface area contributed by atoms with Crippen molar-refractivity contribution in [3.8, 4) is 17.6 Å². The zero-order valence-electron chi connectivity index (χ0n) is 21.3. The van der Waals surface area contributed by atoms with Gasteiger partial charge in [0.1, 0.15) is 24.8 Å². The molecular formula is C27H25ClN6O4S2. The summed E-state index contributed by atoms with van der Waals surface area (Å²) in [6.07, 6.45) is 1.68. The van der Waals surface area contributed by atoms with Crippen LogP contribution in [-0.4, -0.2) is 70.9 Å². The largest absolute Gasteiger partial charge is 0.486 e. The molecular weight excluding hydrogens is 572 g/mol. The Morgan fingerprint density at radius 3 is 2.98 bits per heavy atom. The second-order valence-corrected chi connectivity index (χ2v) is 11.3. The second kappa shape index (κ2) is 12.4. The predicted octanol–water partition coefficient (Wildman–Crippen LogP) is 4.67. The van der Waals surface area contributed by atoms with Gasteiger partial charge < -0.3 is 24.4 Å².